The van der Waals surface area contributed by atoms with Crippen LogP contribution in [0.1, 0.15) is 28.4 Å². The number of para-hydroxylation sites is 1. The van der Waals surface area contributed by atoms with Crippen molar-refractivity contribution in [3.63, 3.8) is 0 Å². The largest absolute Gasteiger partial charge is 0.488 e. The van der Waals surface area contributed by atoms with E-state index in [0.29, 0.717) is 23.0 Å². The Bertz CT molecular complexity index is 776. The lowest BCUT2D eigenvalue weighted by Gasteiger charge is -2.09. The molecule has 7 heteroatoms. The fraction of sp³-hybridized carbons (Fsp3) is 0.211. The first-order valence-corrected chi connectivity index (χ1v) is 8.51. The second-order valence-electron chi connectivity index (χ2n) is 5.24. The summed E-state index contributed by atoms with van der Waals surface area (Å²) in [5, 5.41) is 7.52. The van der Waals surface area contributed by atoms with Gasteiger partial charge in [-0.15, -0.1) is 0 Å². The van der Waals surface area contributed by atoms with E-state index in [9.17, 15) is 4.79 Å². The molecule has 2 N–H and O–H groups in total. The minimum Gasteiger partial charge on any atom is -0.488 e. The summed E-state index contributed by atoms with van der Waals surface area (Å²) < 4.78 is 10.6. The summed E-state index contributed by atoms with van der Waals surface area (Å²) in [5.74, 6) is 0.339. The smallest absolute Gasteiger partial charge is 0.337 e. The van der Waals surface area contributed by atoms with Crippen LogP contribution >= 0.6 is 12.2 Å². The minimum absolute atomic E-state index is 0.359. The summed E-state index contributed by atoms with van der Waals surface area (Å²) >= 11 is 5.05. The maximum absolute atomic E-state index is 11.5. The molecule has 0 saturated heterocycles. The Kier molecular flexibility index (Phi) is 7.57. The van der Waals surface area contributed by atoms with Gasteiger partial charge in [0.05, 0.1) is 18.9 Å². The normalized spacial score (nSPS) is 10.4. The van der Waals surface area contributed by atoms with E-state index in [1.54, 1.807) is 18.3 Å². The minimum atomic E-state index is -0.359. The van der Waals surface area contributed by atoms with Gasteiger partial charge in [0.1, 0.15) is 12.4 Å². The zero-order chi connectivity index (χ0) is 18.8. The van der Waals surface area contributed by atoms with E-state index in [0.717, 1.165) is 17.7 Å². The number of rotatable bonds is 7. The summed E-state index contributed by atoms with van der Waals surface area (Å²) in [6.45, 7) is 3.06. The van der Waals surface area contributed by atoms with Gasteiger partial charge in [0, 0.05) is 12.1 Å². The molecule has 0 aliphatic heterocycles. The molecule has 0 aromatic heterocycles. The molecule has 0 amide bonds. The average Bonchev–Trinajstić information content (AvgIpc) is 2.67. The van der Waals surface area contributed by atoms with Gasteiger partial charge in [0.15, 0.2) is 5.11 Å². The van der Waals surface area contributed by atoms with Crippen molar-refractivity contribution < 1.29 is 14.3 Å². The van der Waals surface area contributed by atoms with Crippen LogP contribution in [0, 0.1) is 0 Å². The van der Waals surface area contributed by atoms with Crippen molar-refractivity contribution in [1.29, 1.82) is 0 Å². The van der Waals surface area contributed by atoms with Crippen molar-refractivity contribution in [3.8, 4) is 5.75 Å². The molecule has 2 rings (SSSR count). The second-order valence-corrected chi connectivity index (χ2v) is 5.65. The van der Waals surface area contributed by atoms with Crippen molar-refractivity contribution in [1.82, 2.24) is 10.7 Å². The number of benzene rings is 2. The van der Waals surface area contributed by atoms with Crippen molar-refractivity contribution in [2.45, 2.75) is 13.5 Å². The Morgan fingerprint density at radius 1 is 1.19 bits per heavy atom. The van der Waals surface area contributed by atoms with Gasteiger partial charge in [0.25, 0.3) is 0 Å². The van der Waals surface area contributed by atoms with Crippen molar-refractivity contribution in [3.05, 3.63) is 65.2 Å². The van der Waals surface area contributed by atoms with Crippen molar-refractivity contribution in [2.24, 2.45) is 5.10 Å². The lowest BCUT2D eigenvalue weighted by Crippen LogP contribution is -2.31. The number of carbonyl (C=O) groups is 1. The fourth-order valence-corrected chi connectivity index (χ4v) is 2.29. The number of hydrogen-bond acceptors (Lipinski definition) is 5. The van der Waals surface area contributed by atoms with E-state index in [1.165, 1.54) is 7.11 Å². The number of nitrogens with one attached hydrogen (secondary N) is 2. The number of esters is 1. The molecule has 0 aliphatic rings. The maximum Gasteiger partial charge on any atom is 0.337 e. The van der Waals surface area contributed by atoms with Gasteiger partial charge in [-0.3, -0.25) is 5.43 Å². The predicted molar refractivity (Wildman–Crippen MR) is 106 cm³/mol. The first-order valence-electron chi connectivity index (χ1n) is 8.10. The molecule has 136 valence electrons. The van der Waals surface area contributed by atoms with Crippen LogP contribution in [0.4, 0.5) is 0 Å². The molecule has 2 aromatic rings. The Morgan fingerprint density at radius 3 is 2.62 bits per heavy atom. The second kappa shape index (κ2) is 10.1. The van der Waals surface area contributed by atoms with E-state index in [2.05, 4.69) is 20.6 Å². The summed E-state index contributed by atoms with van der Waals surface area (Å²) in [6, 6.07) is 14.7. The fourth-order valence-electron chi connectivity index (χ4n) is 2.10. The Morgan fingerprint density at radius 2 is 1.92 bits per heavy atom. The van der Waals surface area contributed by atoms with Crippen LogP contribution < -0.4 is 15.5 Å². The number of hydrogen-bond donors (Lipinski definition) is 2. The molecule has 0 aliphatic carbocycles. The van der Waals surface area contributed by atoms with Crippen LogP contribution in [0.15, 0.2) is 53.6 Å². The zero-order valence-corrected chi connectivity index (χ0v) is 15.5. The molecular weight excluding hydrogens is 350 g/mol. The third-order valence-electron chi connectivity index (χ3n) is 3.40. The van der Waals surface area contributed by atoms with Gasteiger partial charge in [-0.1, -0.05) is 24.3 Å². The molecule has 0 bridgehead atoms. The van der Waals surface area contributed by atoms with Crippen LogP contribution in [0.25, 0.3) is 0 Å². The quantitative estimate of drug-likeness (QED) is 0.337. The van der Waals surface area contributed by atoms with Gasteiger partial charge in [0.2, 0.25) is 0 Å². The predicted octanol–water partition coefficient (Wildman–Crippen LogP) is 2.87. The lowest BCUT2D eigenvalue weighted by atomic mass is 10.1. The average molecular weight is 371 g/mol. The van der Waals surface area contributed by atoms with Gasteiger partial charge in [-0.2, -0.15) is 5.10 Å². The standard InChI is InChI=1S/C19H21N3O3S/c1-3-20-19(26)22-21-12-16-6-4-5-7-17(16)25-13-14-8-10-15(11-9-14)18(23)24-2/h4-12H,3,13H2,1-2H3,(H2,20,22,26)/b21-12+. The third-order valence-corrected chi connectivity index (χ3v) is 3.63. The topological polar surface area (TPSA) is 72.0 Å². The first kappa shape index (κ1) is 19.4. The number of thiocarbonyl (C=S) groups is 1. The van der Waals surface area contributed by atoms with E-state index >= 15 is 0 Å². The van der Waals surface area contributed by atoms with Gasteiger partial charge >= 0.3 is 5.97 Å². The highest BCUT2D eigenvalue weighted by atomic mass is 32.1. The Balaban J connectivity index is 1.98. The molecular formula is C19H21N3O3S. The summed E-state index contributed by atoms with van der Waals surface area (Å²) in [6.07, 6.45) is 1.65. The monoisotopic (exact) mass is 371 g/mol. The van der Waals surface area contributed by atoms with Crippen LogP contribution in [0.3, 0.4) is 0 Å². The number of methoxy groups -OCH3 is 1. The van der Waals surface area contributed by atoms with Crippen molar-refractivity contribution >= 4 is 29.5 Å². The number of hydrazone groups is 1. The highest BCUT2D eigenvalue weighted by Crippen LogP contribution is 2.18. The molecule has 0 radical (unpaired) electrons. The zero-order valence-electron chi connectivity index (χ0n) is 14.7. The molecule has 0 heterocycles. The summed E-state index contributed by atoms with van der Waals surface area (Å²) in [7, 11) is 1.36. The summed E-state index contributed by atoms with van der Waals surface area (Å²) in [5.41, 5.74) is 5.02. The van der Waals surface area contributed by atoms with Gasteiger partial charge in [-0.05, 0) is 49.0 Å². The van der Waals surface area contributed by atoms with E-state index in [1.807, 2.05) is 43.3 Å². The Labute approximate surface area is 158 Å². The first-order chi connectivity index (χ1) is 12.6. The van der Waals surface area contributed by atoms with Crippen LogP contribution in [0.5, 0.6) is 5.75 Å². The third kappa shape index (κ3) is 5.86. The molecule has 0 atom stereocenters. The molecule has 2 aromatic carbocycles. The number of nitrogens with zero attached hydrogens (tertiary/aromatic N) is 1. The highest BCUT2D eigenvalue weighted by Gasteiger charge is 2.05. The number of ether oxygens (including phenoxy) is 2. The molecule has 6 nitrogen and oxygen atoms in total. The van der Waals surface area contributed by atoms with Gasteiger partial charge in [-0.25, -0.2) is 4.79 Å². The lowest BCUT2D eigenvalue weighted by molar-refractivity contribution is 0.0600. The van der Waals surface area contributed by atoms with Crippen LogP contribution in [-0.4, -0.2) is 31.0 Å². The molecule has 0 spiro atoms. The molecule has 0 fully saturated rings. The van der Waals surface area contributed by atoms with Crippen LogP contribution in [-0.2, 0) is 11.3 Å². The molecule has 0 saturated carbocycles. The number of carbonyl (C=O) groups excluding carboxylic acids is 1. The molecule has 26 heavy (non-hydrogen) atoms. The summed E-state index contributed by atoms with van der Waals surface area (Å²) in [4.78, 5) is 11.5. The van der Waals surface area contributed by atoms with Gasteiger partial charge < -0.3 is 14.8 Å². The Hall–Kier alpha value is -2.93. The molecule has 0 unspecified atom stereocenters. The van der Waals surface area contributed by atoms with Crippen LogP contribution in [0.2, 0.25) is 0 Å². The highest BCUT2D eigenvalue weighted by molar-refractivity contribution is 7.80. The van der Waals surface area contributed by atoms with Crippen molar-refractivity contribution in [2.75, 3.05) is 13.7 Å². The van der Waals surface area contributed by atoms with E-state index < -0.39 is 0 Å². The van der Waals surface area contributed by atoms with E-state index in [-0.39, 0.29) is 5.97 Å². The maximum atomic E-state index is 11.5. The van der Waals surface area contributed by atoms with E-state index in [4.69, 9.17) is 17.0 Å². The SMILES string of the molecule is CCNC(=S)N/N=C/c1ccccc1OCc1ccc(C(=O)OC)cc1.